The molecule has 0 saturated carbocycles. The first-order chi connectivity index (χ1) is 7.15. The summed E-state index contributed by atoms with van der Waals surface area (Å²) < 4.78 is 14.8. The van der Waals surface area contributed by atoms with Crippen LogP contribution in [0.4, 0.5) is 0 Å². The summed E-state index contributed by atoms with van der Waals surface area (Å²) in [6.07, 6.45) is -3.00. The van der Waals surface area contributed by atoms with E-state index in [1.807, 2.05) is 0 Å². The van der Waals surface area contributed by atoms with E-state index in [2.05, 4.69) is 0 Å². The molecule has 6 heteroatoms. The molecule has 6 nitrogen and oxygen atoms in total. The Morgan fingerprint density at radius 2 is 1.67 bits per heavy atom. The molecule has 0 fully saturated rings. The number of aliphatic hydroxyl groups excluding tert-OH is 2. The third kappa shape index (κ3) is 3.84. The topological polar surface area (TPSA) is 85.2 Å². The van der Waals surface area contributed by atoms with Gasteiger partial charge in [-0.25, -0.2) is 0 Å². The first kappa shape index (κ1) is 14.5. The predicted octanol–water partition coefficient (Wildman–Crippen LogP) is -1.42. The van der Waals surface area contributed by atoms with Gasteiger partial charge in [0.1, 0.15) is 24.4 Å². The van der Waals surface area contributed by atoms with Crippen LogP contribution in [-0.2, 0) is 19.0 Å². The molecule has 0 heterocycles. The monoisotopic (exact) mass is 222 g/mol. The molecule has 0 spiro atoms. The second-order valence-electron chi connectivity index (χ2n) is 2.99. The van der Waals surface area contributed by atoms with E-state index in [-0.39, 0.29) is 0 Å². The van der Waals surface area contributed by atoms with Crippen LogP contribution < -0.4 is 0 Å². The number of ether oxygens (including phenoxy) is 3. The molecule has 0 aliphatic rings. The van der Waals surface area contributed by atoms with Crippen LogP contribution in [0.1, 0.15) is 0 Å². The molecule has 90 valence electrons. The van der Waals surface area contributed by atoms with Gasteiger partial charge in [0.2, 0.25) is 0 Å². The average molecular weight is 222 g/mol. The zero-order chi connectivity index (χ0) is 11.8. The molecule has 0 bridgehead atoms. The molecule has 0 amide bonds. The van der Waals surface area contributed by atoms with Gasteiger partial charge >= 0.3 is 0 Å². The highest BCUT2D eigenvalue weighted by atomic mass is 16.6. The van der Waals surface area contributed by atoms with Gasteiger partial charge in [0.15, 0.2) is 6.29 Å². The fourth-order valence-corrected chi connectivity index (χ4v) is 1.34. The average Bonchev–Trinajstić information content (AvgIpc) is 2.28. The van der Waals surface area contributed by atoms with Crippen LogP contribution in [0.15, 0.2) is 0 Å². The molecular formula is C9H18O6. The third-order valence-corrected chi connectivity index (χ3v) is 2.16. The Kier molecular flexibility index (Phi) is 7.45. The van der Waals surface area contributed by atoms with Crippen LogP contribution >= 0.6 is 0 Å². The van der Waals surface area contributed by atoms with Crippen LogP contribution in [0.25, 0.3) is 0 Å². The van der Waals surface area contributed by atoms with Crippen LogP contribution in [0.5, 0.6) is 0 Å². The zero-order valence-corrected chi connectivity index (χ0v) is 9.12. The molecule has 4 atom stereocenters. The van der Waals surface area contributed by atoms with Crippen molar-refractivity contribution in [2.75, 3.05) is 27.9 Å². The van der Waals surface area contributed by atoms with E-state index in [1.54, 1.807) is 0 Å². The van der Waals surface area contributed by atoms with Crippen LogP contribution in [-0.4, -0.2) is 68.9 Å². The van der Waals surface area contributed by atoms with Crippen molar-refractivity contribution in [1.82, 2.24) is 0 Å². The molecule has 0 radical (unpaired) electrons. The number of hydrogen-bond acceptors (Lipinski definition) is 6. The third-order valence-electron chi connectivity index (χ3n) is 2.16. The van der Waals surface area contributed by atoms with Gasteiger partial charge in [-0.1, -0.05) is 0 Å². The Hall–Kier alpha value is -0.530. The number of carbonyl (C=O) groups is 1. The maximum Gasteiger partial charge on any atom is 0.151 e. The minimum Gasteiger partial charge on any atom is -0.394 e. The van der Waals surface area contributed by atoms with E-state index in [0.29, 0.717) is 6.29 Å². The van der Waals surface area contributed by atoms with Crippen molar-refractivity contribution in [2.24, 2.45) is 0 Å². The van der Waals surface area contributed by atoms with Gasteiger partial charge in [-0.05, 0) is 0 Å². The van der Waals surface area contributed by atoms with E-state index in [4.69, 9.17) is 19.3 Å². The standard InChI is InChI=1S/C9H18O6/c1-13-7(5-11)9(15-3)8(14-2)6(12)4-10/h5-10,12H,4H2,1-3H3/t6-,7+,8+,9-/m1/s1. The minimum atomic E-state index is -1.13. The van der Waals surface area contributed by atoms with Gasteiger partial charge in [-0.15, -0.1) is 0 Å². The van der Waals surface area contributed by atoms with Gasteiger partial charge in [-0.3, -0.25) is 0 Å². The Labute approximate surface area is 88.7 Å². The maximum atomic E-state index is 10.7. The van der Waals surface area contributed by atoms with E-state index >= 15 is 0 Å². The first-order valence-corrected chi connectivity index (χ1v) is 4.48. The SMILES string of the molecule is CO[C@H]([C@H](OC)[C@H](C=O)OC)[C@H](O)CO. The molecule has 0 aliphatic heterocycles. The second kappa shape index (κ2) is 7.72. The van der Waals surface area contributed by atoms with Crippen molar-refractivity contribution < 1.29 is 29.2 Å². The Morgan fingerprint density at radius 1 is 1.13 bits per heavy atom. The number of rotatable bonds is 8. The summed E-state index contributed by atoms with van der Waals surface area (Å²) in [5.41, 5.74) is 0. The highest BCUT2D eigenvalue weighted by Crippen LogP contribution is 2.12. The van der Waals surface area contributed by atoms with Crippen LogP contribution in [0, 0.1) is 0 Å². The summed E-state index contributed by atoms with van der Waals surface area (Å²) in [6.45, 7) is -0.479. The second-order valence-corrected chi connectivity index (χ2v) is 2.99. The fraction of sp³-hybridized carbons (Fsp3) is 0.889. The van der Waals surface area contributed by atoms with Crippen LogP contribution in [0.3, 0.4) is 0 Å². The van der Waals surface area contributed by atoms with Crippen molar-refractivity contribution in [1.29, 1.82) is 0 Å². The summed E-state index contributed by atoms with van der Waals surface area (Å²) in [7, 11) is 4.08. The Bertz CT molecular complexity index is 174. The smallest absolute Gasteiger partial charge is 0.151 e. The van der Waals surface area contributed by atoms with E-state index in [9.17, 15) is 9.90 Å². The van der Waals surface area contributed by atoms with Crippen molar-refractivity contribution in [3.8, 4) is 0 Å². The summed E-state index contributed by atoms with van der Waals surface area (Å²) in [6, 6.07) is 0. The minimum absolute atomic E-state index is 0.479. The lowest BCUT2D eigenvalue weighted by molar-refractivity contribution is -0.155. The Balaban J connectivity index is 4.64. The number of hydrogen-bond donors (Lipinski definition) is 2. The maximum absolute atomic E-state index is 10.7. The molecule has 0 saturated heterocycles. The quantitative estimate of drug-likeness (QED) is 0.490. The first-order valence-electron chi connectivity index (χ1n) is 4.48. The van der Waals surface area contributed by atoms with Gasteiger partial charge in [0.25, 0.3) is 0 Å². The van der Waals surface area contributed by atoms with Gasteiger partial charge in [0.05, 0.1) is 6.61 Å². The molecule has 15 heavy (non-hydrogen) atoms. The largest absolute Gasteiger partial charge is 0.394 e. The number of methoxy groups -OCH3 is 3. The van der Waals surface area contributed by atoms with Crippen molar-refractivity contribution in [3.05, 3.63) is 0 Å². The molecule has 0 aromatic heterocycles. The molecule has 0 aromatic rings. The summed E-state index contributed by atoms with van der Waals surface area (Å²) in [5.74, 6) is 0. The van der Waals surface area contributed by atoms with E-state index in [1.165, 1.54) is 21.3 Å². The molecule has 0 aromatic carbocycles. The highest BCUT2D eigenvalue weighted by molar-refractivity contribution is 5.57. The van der Waals surface area contributed by atoms with Gasteiger partial charge < -0.3 is 29.2 Å². The number of carbonyl (C=O) groups excluding carboxylic acids is 1. The predicted molar refractivity (Wildman–Crippen MR) is 51.5 cm³/mol. The fourth-order valence-electron chi connectivity index (χ4n) is 1.34. The lowest BCUT2D eigenvalue weighted by Gasteiger charge is -2.30. The van der Waals surface area contributed by atoms with Gasteiger partial charge in [0, 0.05) is 21.3 Å². The summed E-state index contributed by atoms with van der Waals surface area (Å²) in [5, 5.41) is 18.2. The molecule has 2 N–H and O–H groups in total. The van der Waals surface area contributed by atoms with Gasteiger partial charge in [-0.2, -0.15) is 0 Å². The normalized spacial score (nSPS) is 19.3. The highest BCUT2D eigenvalue weighted by Gasteiger charge is 2.34. The number of aldehydes is 1. The lowest BCUT2D eigenvalue weighted by Crippen LogP contribution is -2.49. The van der Waals surface area contributed by atoms with E-state index in [0.717, 1.165) is 0 Å². The summed E-state index contributed by atoms with van der Waals surface area (Å²) >= 11 is 0. The van der Waals surface area contributed by atoms with Crippen molar-refractivity contribution >= 4 is 6.29 Å². The van der Waals surface area contributed by atoms with E-state index < -0.39 is 31.0 Å². The summed E-state index contributed by atoms with van der Waals surface area (Å²) in [4.78, 5) is 10.7. The zero-order valence-electron chi connectivity index (χ0n) is 9.12. The number of aliphatic hydroxyl groups is 2. The molecule has 0 rings (SSSR count). The molecular weight excluding hydrogens is 204 g/mol. The van der Waals surface area contributed by atoms with Crippen LogP contribution in [0.2, 0.25) is 0 Å². The molecule has 0 aliphatic carbocycles. The van der Waals surface area contributed by atoms with Crippen molar-refractivity contribution in [2.45, 2.75) is 24.4 Å². The lowest BCUT2D eigenvalue weighted by atomic mass is 10.0. The van der Waals surface area contributed by atoms with Crippen molar-refractivity contribution in [3.63, 3.8) is 0 Å². The molecule has 0 unspecified atom stereocenters. The Morgan fingerprint density at radius 3 is 1.93 bits per heavy atom.